The Morgan fingerprint density at radius 3 is 2.84 bits per heavy atom. The number of ether oxygens (including phenoxy) is 1. The maximum absolute atomic E-state index is 13.8. The van der Waals surface area contributed by atoms with E-state index in [2.05, 4.69) is 5.32 Å². The van der Waals surface area contributed by atoms with Crippen molar-refractivity contribution < 1.29 is 18.7 Å². The van der Waals surface area contributed by atoms with Crippen molar-refractivity contribution in [2.45, 2.75) is 50.0 Å². The third-order valence-corrected chi connectivity index (χ3v) is 7.04. The number of rotatable bonds is 7. The van der Waals surface area contributed by atoms with Crippen molar-refractivity contribution in [2.24, 2.45) is 0 Å². The topological polar surface area (TPSA) is 58.6 Å². The highest BCUT2D eigenvalue weighted by molar-refractivity contribution is 6.31. The molecule has 0 bridgehead atoms. The van der Waals surface area contributed by atoms with Crippen LogP contribution in [-0.2, 0) is 16.0 Å². The molecule has 2 aliphatic rings. The molecule has 0 spiro atoms. The van der Waals surface area contributed by atoms with E-state index in [0.29, 0.717) is 45.2 Å². The van der Waals surface area contributed by atoms with E-state index >= 15 is 0 Å². The molecule has 4 rings (SSSR count). The van der Waals surface area contributed by atoms with E-state index < -0.39 is 11.4 Å². The molecule has 2 aromatic rings. The van der Waals surface area contributed by atoms with Gasteiger partial charge in [-0.25, -0.2) is 4.39 Å². The lowest BCUT2D eigenvalue weighted by molar-refractivity contribution is -0.131. The van der Waals surface area contributed by atoms with Crippen molar-refractivity contribution in [1.82, 2.24) is 10.2 Å². The number of halogens is 2. The Morgan fingerprint density at radius 2 is 2.12 bits per heavy atom. The van der Waals surface area contributed by atoms with Crippen LogP contribution in [0.5, 0.6) is 5.75 Å². The Labute approximate surface area is 192 Å². The summed E-state index contributed by atoms with van der Waals surface area (Å²) in [5.74, 6) is 0.0986. The first-order valence-electron chi connectivity index (χ1n) is 11.0. The zero-order valence-corrected chi connectivity index (χ0v) is 19.0. The third kappa shape index (κ3) is 4.90. The molecule has 5 nitrogen and oxygen atoms in total. The van der Waals surface area contributed by atoms with Crippen LogP contribution in [0.25, 0.3) is 0 Å². The Bertz CT molecular complexity index is 1010. The molecule has 2 fully saturated rings. The zero-order valence-electron chi connectivity index (χ0n) is 18.2. The molecule has 0 aromatic heterocycles. The van der Waals surface area contributed by atoms with E-state index in [1.54, 1.807) is 12.1 Å². The molecule has 7 heteroatoms. The van der Waals surface area contributed by atoms with Gasteiger partial charge in [0.1, 0.15) is 0 Å². The van der Waals surface area contributed by atoms with Gasteiger partial charge in [0.15, 0.2) is 11.6 Å². The van der Waals surface area contributed by atoms with Crippen molar-refractivity contribution in [1.29, 1.82) is 0 Å². The number of hydrogen-bond acceptors (Lipinski definition) is 3. The minimum absolute atomic E-state index is 0.00789. The second kappa shape index (κ2) is 9.49. The van der Waals surface area contributed by atoms with Crippen molar-refractivity contribution >= 4 is 23.4 Å². The lowest BCUT2D eigenvalue weighted by Gasteiger charge is -2.30. The molecule has 1 N–H and O–H groups in total. The molecule has 2 saturated heterocycles. The first kappa shape index (κ1) is 22.6. The molecule has 2 atom stereocenters. The van der Waals surface area contributed by atoms with Gasteiger partial charge in [-0.2, -0.15) is 0 Å². The molecule has 2 aliphatic heterocycles. The number of amides is 2. The molecular formula is C25H28ClFN2O3. The van der Waals surface area contributed by atoms with E-state index in [1.807, 2.05) is 29.2 Å². The standard InChI is InChI=1S/C25H28ClFN2O3/c1-32-22-14-17(6-7-21(22)27)15-25(11-8-23(30)28-25)12-9-24(31)29-13-10-18(16-29)19-4-2-3-5-20(19)26/h2-7,14,18H,8-13,15-16H2,1H3,(H,28,30)/t18-,25-/m1/s1. The van der Waals surface area contributed by atoms with Gasteiger partial charge in [-0.3, -0.25) is 9.59 Å². The molecule has 32 heavy (non-hydrogen) atoms. The number of carbonyl (C=O) groups excluding carboxylic acids is 2. The number of nitrogens with zero attached hydrogens (tertiary/aromatic N) is 1. The molecule has 0 saturated carbocycles. The SMILES string of the molecule is COc1cc(C[C@]2(CCC(=O)N3CC[C@@H](c4ccccc4Cl)C3)CCC(=O)N2)ccc1F. The van der Waals surface area contributed by atoms with Gasteiger partial charge in [-0.05, 0) is 55.0 Å². The molecule has 0 unspecified atom stereocenters. The average molecular weight is 459 g/mol. The van der Waals surface area contributed by atoms with E-state index in [0.717, 1.165) is 22.6 Å². The number of carbonyl (C=O) groups is 2. The molecule has 2 heterocycles. The third-order valence-electron chi connectivity index (χ3n) is 6.70. The summed E-state index contributed by atoms with van der Waals surface area (Å²) in [5, 5.41) is 3.84. The first-order valence-corrected chi connectivity index (χ1v) is 11.4. The second-order valence-corrected chi connectivity index (χ2v) is 9.23. The van der Waals surface area contributed by atoms with Gasteiger partial charge in [0.05, 0.1) is 7.11 Å². The number of likely N-dealkylation sites (tertiary alicyclic amines) is 1. The van der Waals surface area contributed by atoms with E-state index in [9.17, 15) is 14.0 Å². The Hall–Kier alpha value is -2.60. The van der Waals surface area contributed by atoms with E-state index in [1.165, 1.54) is 13.2 Å². The predicted molar refractivity (Wildman–Crippen MR) is 121 cm³/mol. The van der Waals surface area contributed by atoms with Crippen molar-refractivity contribution in [2.75, 3.05) is 20.2 Å². The maximum atomic E-state index is 13.8. The van der Waals surface area contributed by atoms with Crippen molar-refractivity contribution in [3.05, 3.63) is 64.4 Å². The van der Waals surface area contributed by atoms with Crippen LogP contribution >= 0.6 is 11.6 Å². The fourth-order valence-electron chi connectivity index (χ4n) is 4.94. The number of hydrogen-bond donors (Lipinski definition) is 1. The van der Waals surface area contributed by atoms with Crippen LogP contribution in [0.1, 0.15) is 49.1 Å². The average Bonchev–Trinajstić information content (AvgIpc) is 3.41. The van der Waals surface area contributed by atoms with E-state index in [-0.39, 0.29) is 23.5 Å². The molecule has 2 aromatic carbocycles. The number of benzene rings is 2. The smallest absolute Gasteiger partial charge is 0.222 e. The van der Waals surface area contributed by atoms with Crippen LogP contribution in [0.3, 0.4) is 0 Å². The summed E-state index contributed by atoms with van der Waals surface area (Å²) in [4.78, 5) is 27.0. The van der Waals surface area contributed by atoms with Gasteiger partial charge in [0, 0.05) is 42.4 Å². The Balaban J connectivity index is 1.40. The molecule has 0 radical (unpaired) electrons. The van der Waals surface area contributed by atoms with Gasteiger partial charge < -0.3 is 15.0 Å². The van der Waals surface area contributed by atoms with Crippen LogP contribution in [0.4, 0.5) is 4.39 Å². The van der Waals surface area contributed by atoms with Crippen molar-refractivity contribution in [3.8, 4) is 5.75 Å². The Morgan fingerprint density at radius 1 is 1.31 bits per heavy atom. The fraction of sp³-hybridized carbons (Fsp3) is 0.440. The van der Waals surface area contributed by atoms with E-state index in [4.69, 9.17) is 16.3 Å². The van der Waals surface area contributed by atoms with Gasteiger partial charge in [-0.1, -0.05) is 35.9 Å². The van der Waals surface area contributed by atoms with Crippen LogP contribution in [0, 0.1) is 5.82 Å². The molecular weight excluding hydrogens is 431 g/mol. The predicted octanol–water partition coefficient (Wildman–Crippen LogP) is 4.48. The largest absolute Gasteiger partial charge is 0.494 e. The zero-order chi connectivity index (χ0) is 22.7. The molecule has 0 aliphatic carbocycles. The van der Waals surface area contributed by atoms with Crippen LogP contribution < -0.4 is 10.1 Å². The fourth-order valence-corrected chi connectivity index (χ4v) is 5.23. The van der Waals surface area contributed by atoms with Crippen LogP contribution in [-0.4, -0.2) is 42.5 Å². The first-order chi connectivity index (χ1) is 15.4. The van der Waals surface area contributed by atoms with Gasteiger partial charge in [0.2, 0.25) is 11.8 Å². The molecule has 170 valence electrons. The summed E-state index contributed by atoms with van der Waals surface area (Å²) in [6.45, 7) is 1.38. The van der Waals surface area contributed by atoms with Crippen molar-refractivity contribution in [3.63, 3.8) is 0 Å². The lowest BCUT2D eigenvalue weighted by atomic mass is 9.84. The highest BCUT2D eigenvalue weighted by Gasteiger charge is 2.39. The summed E-state index contributed by atoms with van der Waals surface area (Å²) < 4.78 is 18.9. The highest BCUT2D eigenvalue weighted by atomic mass is 35.5. The normalized spacial score (nSPS) is 22.8. The van der Waals surface area contributed by atoms with Gasteiger partial charge in [-0.15, -0.1) is 0 Å². The van der Waals surface area contributed by atoms with Gasteiger partial charge >= 0.3 is 0 Å². The lowest BCUT2D eigenvalue weighted by Crippen LogP contribution is -2.44. The minimum atomic E-state index is -0.503. The summed E-state index contributed by atoms with van der Waals surface area (Å²) in [7, 11) is 1.43. The molecule has 2 amide bonds. The number of methoxy groups -OCH3 is 1. The summed E-state index contributed by atoms with van der Waals surface area (Å²) in [6, 6.07) is 12.6. The monoisotopic (exact) mass is 458 g/mol. The van der Waals surface area contributed by atoms with Crippen LogP contribution in [0.2, 0.25) is 5.02 Å². The van der Waals surface area contributed by atoms with Gasteiger partial charge in [0.25, 0.3) is 0 Å². The Kier molecular flexibility index (Phi) is 6.70. The quantitative estimate of drug-likeness (QED) is 0.665. The maximum Gasteiger partial charge on any atom is 0.222 e. The van der Waals surface area contributed by atoms with Crippen LogP contribution in [0.15, 0.2) is 42.5 Å². The summed E-state index contributed by atoms with van der Waals surface area (Å²) in [6.07, 6.45) is 3.42. The number of nitrogens with one attached hydrogen (secondary N) is 1. The summed E-state index contributed by atoms with van der Waals surface area (Å²) in [5.41, 5.74) is 1.46. The summed E-state index contributed by atoms with van der Waals surface area (Å²) >= 11 is 6.34. The highest BCUT2D eigenvalue weighted by Crippen LogP contribution is 2.34. The minimum Gasteiger partial charge on any atom is -0.494 e. The second-order valence-electron chi connectivity index (χ2n) is 8.82.